The van der Waals surface area contributed by atoms with Gasteiger partial charge in [-0.25, -0.2) is 0 Å². The van der Waals surface area contributed by atoms with Crippen LogP contribution in [0, 0.1) is 0 Å². The number of nitrogens with zero attached hydrogens (tertiary/aromatic N) is 1. The van der Waals surface area contributed by atoms with Crippen molar-refractivity contribution in [2.75, 3.05) is 19.7 Å². The number of aliphatic hydroxyl groups excluding tert-OH is 2. The van der Waals surface area contributed by atoms with Crippen molar-refractivity contribution in [3.63, 3.8) is 0 Å². The van der Waals surface area contributed by atoms with Gasteiger partial charge in [0.15, 0.2) is 0 Å². The quantitative estimate of drug-likeness (QED) is 0.398. The molecule has 84 valence electrons. The molecule has 0 saturated heterocycles. The monoisotopic (exact) mass is 213 g/mol. The van der Waals surface area contributed by atoms with Crippen LogP contribution in [0.15, 0.2) is 17.1 Å². The molecule has 0 aliphatic carbocycles. The summed E-state index contributed by atoms with van der Waals surface area (Å²) in [6.45, 7) is 0.319. The highest BCUT2D eigenvalue weighted by molar-refractivity contribution is 5.87. The third-order valence-corrected chi connectivity index (χ3v) is 1.88. The van der Waals surface area contributed by atoms with Gasteiger partial charge in [0.05, 0.1) is 31.6 Å². The summed E-state index contributed by atoms with van der Waals surface area (Å²) in [5, 5.41) is 22.9. The molecular weight excluding hydrogens is 198 g/mol. The van der Waals surface area contributed by atoms with Crippen molar-refractivity contribution in [3.8, 4) is 0 Å². The first kappa shape index (κ1) is 11.7. The molecule has 0 radical (unpaired) electrons. The molecule has 0 bridgehead atoms. The summed E-state index contributed by atoms with van der Waals surface area (Å²) in [6.07, 6.45) is 3.78. The fourth-order valence-electron chi connectivity index (χ4n) is 1.03. The minimum atomic E-state index is -0.907. The zero-order chi connectivity index (χ0) is 11.1. The molecule has 0 aromatic rings. The van der Waals surface area contributed by atoms with Gasteiger partial charge in [0.25, 0.3) is 0 Å². The highest BCUT2D eigenvalue weighted by Crippen LogP contribution is 1.92. The second-order valence-electron chi connectivity index (χ2n) is 3.21. The zero-order valence-corrected chi connectivity index (χ0v) is 8.26. The molecule has 1 rings (SSSR count). The maximum absolute atomic E-state index is 11.2. The number of hydrogen-bond donors (Lipinski definition) is 4. The first-order valence-corrected chi connectivity index (χ1v) is 4.71. The van der Waals surface area contributed by atoms with Crippen LogP contribution < -0.4 is 10.6 Å². The van der Waals surface area contributed by atoms with Gasteiger partial charge in [0.1, 0.15) is 0 Å². The summed E-state index contributed by atoms with van der Waals surface area (Å²) >= 11 is 0. The van der Waals surface area contributed by atoms with E-state index in [1.807, 2.05) is 0 Å². The Bertz CT molecular complexity index is 257. The number of hydrogen-bond acceptors (Lipinski definition) is 5. The summed E-state index contributed by atoms with van der Waals surface area (Å²) < 4.78 is 0. The fourth-order valence-corrected chi connectivity index (χ4v) is 1.03. The van der Waals surface area contributed by atoms with Crippen molar-refractivity contribution in [2.24, 2.45) is 4.99 Å². The maximum Gasteiger partial charge on any atom is 0.243 e. The molecule has 6 heteroatoms. The second-order valence-corrected chi connectivity index (χ2v) is 3.21. The Labute approximate surface area is 87.7 Å². The van der Waals surface area contributed by atoms with Crippen LogP contribution in [0.4, 0.5) is 0 Å². The second kappa shape index (κ2) is 6.15. The lowest BCUT2D eigenvalue weighted by Crippen LogP contribution is -2.33. The Hall–Kier alpha value is -1.40. The molecule has 4 N–H and O–H groups in total. The minimum absolute atomic E-state index is 0.0499. The van der Waals surface area contributed by atoms with Crippen molar-refractivity contribution in [3.05, 3.63) is 12.2 Å². The van der Waals surface area contributed by atoms with Crippen molar-refractivity contribution in [1.82, 2.24) is 10.6 Å². The lowest BCUT2D eigenvalue weighted by atomic mass is 10.3. The van der Waals surface area contributed by atoms with E-state index in [1.54, 1.807) is 12.4 Å². The van der Waals surface area contributed by atoms with Gasteiger partial charge in [-0.05, 0) is 0 Å². The predicted molar refractivity (Wildman–Crippen MR) is 55.5 cm³/mol. The number of rotatable bonds is 5. The zero-order valence-electron chi connectivity index (χ0n) is 8.26. The summed E-state index contributed by atoms with van der Waals surface area (Å²) in [7, 11) is 0. The Morgan fingerprint density at radius 1 is 1.80 bits per heavy atom. The molecule has 0 saturated carbocycles. The van der Waals surface area contributed by atoms with Gasteiger partial charge >= 0.3 is 0 Å². The van der Waals surface area contributed by atoms with Crippen molar-refractivity contribution in [2.45, 2.75) is 12.1 Å². The van der Waals surface area contributed by atoms with Crippen LogP contribution in [0.1, 0.15) is 0 Å². The van der Waals surface area contributed by atoms with Gasteiger partial charge in [-0.3, -0.25) is 9.79 Å². The molecule has 1 amide bonds. The third-order valence-electron chi connectivity index (χ3n) is 1.88. The van der Waals surface area contributed by atoms with Crippen LogP contribution in [0.25, 0.3) is 0 Å². The first-order chi connectivity index (χ1) is 7.22. The number of amides is 1. The maximum atomic E-state index is 11.2. The van der Waals surface area contributed by atoms with E-state index in [2.05, 4.69) is 15.6 Å². The molecule has 0 fully saturated rings. The standard InChI is InChI=1S/C9H15N3O3/c13-5-8(14)4-11-9(15)2-1-7-3-10-6-12-7/h1-2,6-8,13-14H,3-5H2,(H,10,12)(H,11,15)/b2-1+. The van der Waals surface area contributed by atoms with E-state index in [0.717, 1.165) is 0 Å². The molecule has 2 unspecified atom stereocenters. The van der Waals surface area contributed by atoms with Crippen LogP contribution in [-0.4, -0.2) is 54.3 Å². The summed E-state index contributed by atoms with van der Waals surface area (Å²) in [4.78, 5) is 15.1. The molecule has 1 heterocycles. The Balaban J connectivity index is 2.17. The van der Waals surface area contributed by atoms with E-state index in [4.69, 9.17) is 10.2 Å². The normalized spacial score (nSPS) is 21.6. The number of aliphatic hydroxyl groups is 2. The number of aliphatic imine (C=N–C) groups is 1. The van der Waals surface area contributed by atoms with Crippen LogP contribution in [0.3, 0.4) is 0 Å². The smallest absolute Gasteiger partial charge is 0.243 e. The van der Waals surface area contributed by atoms with Gasteiger partial charge in [-0.1, -0.05) is 6.08 Å². The number of carbonyl (C=O) groups excluding carboxylic acids is 1. The van der Waals surface area contributed by atoms with Crippen LogP contribution in [0.5, 0.6) is 0 Å². The van der Waals surface area contributed by atoms with Gasteiger partial charge in [-0.15, -0.1) is 0 Å². The highest BCUT2D eigenvalue weighted by Gasteiger charge is 2.07. The van der Waals surface area contributed by atoms with Crippen LogP contribution in [0.2, 0.25) is 0 Å². The molecular formula is C9H15N3O3. The van der Waals surface area contributed by atoms with E-state index in [1.165, 1.54) is 6.08 Å². The molecule has 6 nitrogen and oxygen atoms in total. The predicted octanol–water partition coefficient (Wildman–Crippen LogP) is -1.99. The van der Waals surface area contributed by atoms with Gasteiger partial charge in [0, 0.05) is 12.6 Å². The van der Waals surface area contributed by atoms with Crippen molar-refractivity contribution < 1.29 is 15.0 Å². The van der Waals surface area contributed by atoms with E-state index in [-0.39, 0.29) is 25.1 Å². The largest absolute Gasteiger partial charge is 0.394 e. The first-order valence-electron chi connectivity index (χ1n) is 4.71. The molecule has 15 heavy (non-hydrogen) atoms. The summed E-state index contributed by atoms with van der Waals surface area (Å²) in [6, 6.07) is 0.0681. The lowest BCUT2D eigenvalue weighted by molar-refractivity contribution is -0.117. The van der Waals surface area contributed by atoms with E-state index in [9.17, 15) is 4.79 Å². The van der Waals surface area contributed by atoms with Gasteiger partial charge < -0.3 is 20.8 Å². The molecule has 0 aromatic heterocycles. The number of carbonyl (C=O) groups is 1. The van der Waals surface area contributed by atoms with Gasteiger partial charge in [0.2, 0.25) is 5.91 Å². The Morgan fingerprint density at radius 3 is 3.20 bits per heavy atom. The Kier molecular flexibility index (Phi) is 4.79. The Morgan fingerprint density at radius 2 is 2.60 bits per heavy atom. The van der Waals surface area contributed by atoms with E-state index < -0.39 is 6.10 Å². The third kappa shape index (κ3) is 4.57. The van der Waals surface area contributed by atoms with Crippen LogP contribution in [-0.2, 0) is 4.79 Å². The van der Waals surface area contributed by atoms with Crippen molar-refractivity contribution in [1.29, 1.82) is 0 Å². The minimum Gasteiger partial charge on any atom is -0.394 e. The SMILES string of the molecule is O=C(/C=C/C1CN=CN1)NCC(O)CO. The van der Waals surface area contributed by atoms with Crippen LogP contribution >= 0.6 is 0 Å². The van der Waals surface area contributed by atoms with E-state index in [0.29, 0.717) is 6.54 Å². The highest BCUT2D eigenvalue weighted by atomic mass is 16.3. The molecule has 1 aliphatic heterocycles. The van der Waals surface area contributed by atoms with Crippen molar-refractivity contribution >= 4 is 12.2 Å². The average Bonchev–Trinajstić information content (AvgIpc) is 2.75. The molecule has 1 aliphatic rings. The van der Waals surface area contributed by atoms with E-state index >= 15 is 0 Å². The van der Waals surface area contributed by atoms with Gasteiger partial charge in [-0.2, -0.15) is 0 Å². The summed E-state index contributed by atoms with van der Waals surface area (Å²) in [5.74, 6) is -0.295. The summed E-state index contributed by atoms with van der Waals surface area (Å²) in [5.41, 5.74) is 0. The molecule has 0 spiro atoms. The molecule has 0 aromatic carbocycles. The average molecular weight is 213 g/mol. The molecule has 2 atom stereocenters. The topological polar surface area (TPSA) is 94.0 Å². The lowest BCUT2D eigenvalue weighted by Gasteiger charge is -2.07. The number of nitrogens with one attached hydrogen (secondary N) is 2. The fraction of sp³-hybridized carbons (Fsp3) is 0.556.